The molecule has 1 aromatic heterocycles. The summed E-state index contributed by atoms with van der Waals surface area (Å²) in [5, 5.41) is 3.81. The van der Waals surface area contributed by atoms with Gasteiger partial charge in [-0.2, -0.15) is 11.3 Å². The average molecular weight is 372 g/mol. The zero-order chi connectivity index (χ0) is 16.2. The number of thiophene rings is 1. The Kier molecular flexibility index (Phi) is 7.07. The number of amides is 2. The molecule has 0 unspecified atom stereocenters. The molecule has 1 aliphatic carbocycles. The summed E-state index contributed by atoms with van der Waals surface area (Å²) >= 11 is 1.54. The number of hydrogen-bond donors (Lipinski definition) is 1. The van der Waals surface area contributed by atoms with Crippen LogP contribution in [0.4, 0.5) is 0 Å². The van der Waals surface area contributed by atoms with Crippen molar-refractivity contribution in [3.8, 4) is 0 Å². The molecule has 2 heterocycles. The molecule has 2 amide bonds. The van der Waals surface area contributed by atoms with Crippen LogP contribution in [0.15, 0.2) is 16.8 Å². The van der Waals surface area contributed by atoms with Crippen LogP contribution in [0, 0.1) is 11.8 Å². The van der Waals surface area contributed by atoms with Gasteiger partial charge in [-0.05, 0) is 43.2 Å². The summed E-state index contributed by atoms with van der Waals surface area (Å²) < 4.78 is 0. The van der Waals surface area contributed by atoms with Crippen LogP contribution in [-0.4, -0.2) is 54.3 Å². The molecular weight excluding hydrogens is 346 g/mol. The van der Waals surface area contributed by atoms with Gasteiger partial charge in [-0.1, -0.05) is 6.42 Å². The molecule has 0 spiro atoms. The fourth-order valence-corrected chi connectivity index (χ4v) is 4.42. The van der Waals surface area contributed by atoms with Crippen LogP contribution in [0.25, 0.3) is 0 Å². The third-order valence-corrected chi connectivity index (χ3v) is 5.83. The van der Waals surface area contributed by atoms with Gasteiger partial charge in [0.05, 0.1) is 5.56 Å². The van der Waals surface area contributed by atoms with Crippen LogP contribution < -0.4 is 5.73 Å². The van der Waals surface area contributed by atoms with Crippen molar-refractivity contribution in [3.63, 3.8) is 0 Å². The molecule has 2 atom stereocenters. The molecule has 134 valence electrons. The molecular formula is C17H26ClN3O2S. The summed E-state index contributed by atoms with van der Waals surface area (Å²) in [5.41, 5.74) is 6.57. The van der Waals surface area contributed by atoms with Gasteiger partial charge in [0.15, 0.2) is 0 Å². The maximum Gasteiger partial charge on any atom is 0.254 e. The highest BCUT2D eigenvalue weighted by atomic mass is 35.5. The molecule has 2 fully saturated rings. The van der Waals surface area contributed by atoms with E-state index in [1.54, 1.807) is 0 Å². The van der Waals surface area contributed by atoms with Crippen LogP contribution in [-0.2, 0) is 4.79 Å². The first kappa shape index (κ1) is 19.2. The van der Waals surface area contributed by atoms with E-state index in [4.69, 9.17) is 5.73 Å². The minimum absolute atomic E-state index is 0. The molecule has 5 nitrogen and oxygen atoms in total. The first-order valence-electron chi connectivity index (χ1n) is 8.51. The fraction of sp³-hybridized carbons (Fsp3) is 0.647. The Morgan fingerprint density at radius 2 is 1.88 bits per heavy atom. The number of halogens is 1. The maximum absolute atomic E-state index is 12.8. The van der Waals surface area contributed by atoms with Crippen LogP contribution in [0.2, 0.25) is 0 Å². The summed E-state index contributed by atoms with van der Waals surface area (Å²) in [6.45, 7) is 3.35. The van der Waals surface area contributed by atoms with Gasteiger partial charge in [0, 0.05) is 37.5 Å². The summed E-state index contributed by atoms with van der Waals surface area (Å²) in [5.74, 6) is 0.775. The van der Waals surface area contributed by atoms with Gasteiger partial charge in [-0.15, -0.1) is 12.4 Å². The van der Waals surface area contributed by atoms with Gasteiger partial charge in [-0.3, -0.25) is 9.59 Å². The Morgan fingerprint density at radius 1 is 1.12 bits per heavy atom. The normalized spacial score (nSPS) is 24.4. The van der Waals surface area contributed by atoms with Crippen molar-refractivity contribution in [2.75, 3.05) is 32.7 Å². The third-order valence-electron chi connectivity index (χ3n) is 5.14. The van der Waals surface area contributed by atoms with Crippen LogP contribution in [0.5, 0.6) is 0 Å². The van der Waals surface area contributed by atoms with Crippen molar-refractivity contribution in [2.45, 2.75) is 25.7 Å². The van der Waals surface area contributed by atoms with E-state index in [1.165, 1.54) is 11.3 Å². The smallest absolute Gasteiger partial charge is 0.254 e. The van der Waals surface area contributed by atoms with Gasteiger partial charge in [0.2, 0.25) is 5.91 Å². The molecule has 24 heavy (non-hydrogen) atoms. The Balaban J connectivity index is 0.00000208. The lowest BCUT2D eigenvalue weighted by Gasteiger charge is -2.27. The highest BCUT2D eigenvalue weighted by Crippen LogP contribution is 2.32. The van der Waals surface area contributed by atoms with Gasteiger partial charge in [0.25, 0.3) is 5.91 Å². The van der Waals surface area contributed by atoms with Crippen molar-refractivity contribution >= 4 is 35.6 Å². The van der Waals surface area contributed by atoms with Crippen molar-refractivity contribution < 1.29 is 9.59 Å². The molecule has 2 N–H and O–H groups in total. The van der Waals surface area contributed by atoms with Crippen LogP contribution in [0.3, 0.4) is 0 Å². The molecule has 1 aromatic rings. The van der Waals surface area contributed by atoms with Gasteiger partial charge in [-0.25, -0.2) is 0 Å². The number of carbonyl (C=O) groups is 2. The molecule has 0 bridgehead atoms. The van der Waals surface area contributed by atoms with E-state index in [-0.39, 0.29) is 30.1 Å². The Morgan fingerprint density at radius 3 is 2.58 bits per heavy atom. The summed E-state index contributed by atoms with van der Waals surface area (Å²) in [6, 6.07) is 1.87. The predicted molar refractivity (Wildman–Crippen MR) is 98.6 cm³/mol. The van der Waals surface area contributed by atoms with E-state index in [1.807, 2.05) is 26.6 Å². The lowest BCUT2D eigenvalue weighted by Crippen LogP contribution is -2.41. The Labute approximate surface area is 153 Å². The van der Waals surface area contributed by atoms with E-state index >= 15 is 0 Å². The monoisotopic (exact) mass is 371 g/mol. The number of hydrogen-bond acceptors (Lipinski definition) is 4. The number of carbonyl (C=O) groups excluding carboxylic acids is 2. The van der Waals surface area contributed by atoms with Crippen molar-refractivity contribution in [3.05, 3.63) is 22.4 Å². The second-order valence-electron chi connectivity index (χ2n) is 6.52. The molecule has 2 aliphatic rings. The van der Waals surface area contributed by atoms with Gasteiger partial charge >= 0.3 is 0 Å². The topological polar surface area (TPSA) is 66.6 Å². The number of nitrogens with zero attached hydrogens (tertiary/aromatic N) is 2. The first-order chi connectivity index (χ1) is 11.2. The second kappa shape index (κ2) is 8.83. The minimum atomic E-state index is 0. The summed E-state index contributed by atoms with van der Waals surface area (Å²) in [4.78, 5) is 29.1. The zero-order valence-corrected chi connectivity index (χ0v) is 15.5. The standard InChI is InChI=1S/C17H25N3O2S.ClH/c18-11-13-3-1-4-15(13)17(22)20-7-2-6-19(8-9-20)16(21)14-5-10-23-12-14;/h5,10,12-13,15H,1-4,6-9,11,18H2;1H/t13-,15-;/m1./s1. The van der Waals surface area contributed by atoms with E-state index in [2.05, 4.69) is 0 Å². The number of rotatable bonds is 3. The number of nitrogens with two attached hydrogens (primary N) is 1. The average Bonchev–Trinajstić information content (AvgIpc) is 3.20. The molecule has 1 saturated carbocycles. The lowest BCUT2D eigenvalue weighted by molar-refractivity contribution is -0.136. The molecule has 3 rings (SSSR count). The molecule has 0 radical (unpaired) electrons. The minimum Gasteiger partial charge on any atom is -0.341 e. The van der Waals surface area contributed by atoms with Crippen molar-refractivity contribution in [1.29, 1.82) is 0 Å². The highest BCUT2D eigenvalue weighted by Gasteiger charge is 2.35. The van der Waals surface area contributed by atoms with Gasteiger partial charge in [0.1, 0.15) is 0 Å². The maximum atomic E-state index is 12.8. The summed E-state index contributed by atoms with van der Waals surface area (Å²) in [7, 11) is 0. The van der Waals surface area contributed by atoms with Gasteiger partial charge < -0.3 is 15.5 Å². The first-order valence-corrected chi connectivity index (χ1v) is 9.45. The predicted octanol–water partition coefficient (Wildman–Crippen LogP) is 2.22. The van der Waals surface area contributed by atoms with Crippen LogP contribution in [0.1, 0.15) is 36.0 Å². The van der Waals surface area contributed by atoms with Crippen LogP contribution >= 0.6 is 23.7 Å². The Hall–Kier alpha value is -1.11. The SMILES string of the molecule is Cl.NC[C@H]1CCC[C@H]1C(=O)N1CCCN(C(=O)c2ccsc2)CC1. The highest BCUT2D eigenvalue weighted by molar-refractivity contribution is 7.08. The van der Waals surface area contributed by atoms with E-state index in [0.717, 1.165) is 44.3 Å². The second-order valence-corrected chi connectivity index (χ2v) is 7.30. The van der Waals surface area contributed by atoms with Crippen molar-refractivity contribution in [1.82, 2.24) is 9.80 Å². The summed E-state index contributed by atoms with van der Waals surface area (Å²) in [6.07, 6.45) is 3.99. The molecule has 1 saturated heterocycles. The zero-order valence-electron chi connectivity index (χ0n) is 13.9. The van der Waals surface area contributed by atoms with Crippen molar-refractivity contribution in [2.24, 2.45) is 17.6 Å². The quantitative estimate of drug-likeness (QED) is 0.885. The van der Waals surface area contributed by atoms with E-state index < -0.39 is 0 Å². The molecule has 0 aromatic carbocycles. The van der Waals surface area contributed by atoms with E-state index in [9.17, 15) is 9.59 Å². The largest absolute Gasteiger partial charge is 0.341 e. The fourth-order valence-electron chi connectivity index (χ4n) is 3.79. The molecule has 7 heteroatoms. The molecule has 1 aliphatic heterocycles. The third kappa shape index (κ3) is 4.10. The Bertz CT molecular complexity index is 552. The van der Waals surface area contributed by atoms with E-state index in [0.29, 0.717) is 25.6 Å². The lowest BCUT2D eigenvalue weighted by atomic mass is 9.94.